The number of esters is 1. The lowest BCUT2D eigenvalue weighted by molar-refractivity contribution is -0.907. The normalized spacial score (nSPS) is 13.2. The van der Waals surface area contributed by atoms with E-state index in [0.29, 0.717) is 28.5 Å². The Bertz CT molecular complexity index is 896. The summed E-state index contributed by atoms with van der Waals surface area (Å²) in [5.74, 6) is 0.692. The molecule has 2 aromatic rings. The first-order valence-electron chi connectivity index (χ1n) is 8.94. The van der Waals surface area contributed by atoms with Crippen molar-refractivity contribution < 1.29 is 28.7 Å². The smallest absolute Gasteiger partial charge is 0.341 e. The van der Waals surface area contributed by atoms with Gasteiger partial charge in [-0.2, -0.15) is 0 Å². The molecule has 1 aliphatic rings. The molecule has 0 aliphatic carbocycles. The van der Waals surface area contributed by atoms with Crippen molar-refractivity contribution in [1.82, 2.24) is 5.32 Å². The van der Waals surface area contributed by atoms with Crippen molar-refractivity contribution in [2.75, 3.05) is 33.2 Å². The van der Waals surface area contributed by atoms with Crippen LogP contribution in [0.15, 0.2) is 18.2 Å². The Morgan fingerprint density at radius 3 is 2.75 bits per heavy atom. The SMILES string of the molecule is CCOC(=O)c1c(N)sc(C(=O)NC)c1C[NH+](C)Cc1ccc2c(c1)OCO2. The molecule has 1 aromatic carbocycles. The zero-order chi connectivity index (χ0) is 20.3. The predicted molar refractivity (Wildman–Crippen MR) is 105 cm³/mol. The van der Waals surface area contributed by atoms with Gasteiger partial charge in [-0.05, 0) is 25.1 Å². The van der Waals surface area contributed by atoms with Crippen LogP contribution in [0.3, 0.4) is 0 Å². The van der Waals surface area contributed by atoms with Crippen LogP contribution >= 0.6 is 11.3 Å². The molecule has 1 amide bonds. The lowest BCUT2D eigenvalue weighted by Crippen LogP contribution is -3.06. The van der Waals surface area contributed by atoms with Gasteiger partial charge in [-0.25, -0.2) is 4.79 Å². The fraction of sp³-hybridized carbons (Fsp3) is 0.368. The monoisotopic (exact) mass is 406 g/mol. The molecule has 1 atom stereocenters. The third-order valence-corrected chi connectivity index (χ3v) is 5.43. The van der Waals surface area contributed by atoms with Crippen LogP contribution in [0, 0.1) is 0 Å². The van der Waals surface area contributed by atoms with E-state index >= 15 is 0 Å². The van der Waals surface area contributed by atoms with E-state index in [2.05, 4.69) is 5.32 Å². The van der Waals surface area contributed by atoms with Crippen molar-refractivity contribution in [2.24, 2.45) is 0 Å². The number of nitrogen functional groups attached to an aromatic ring is 1. The van der Waals surface area contributed by atoms with Crippen LogP contribution in [-0.2, 0) is 17.8 Å². The first kappa shape index (κ1) is 20.0. The Balaban J connectivity index is 1.84. The maximum atomic E-state index is 12.4. The second-order valence-corrected chi connectivity index (χ2v) is 7.50. The highest BCUT2D eigenvalue weighted by atomic mass is 32.1. The Labute approximate surface area is 167 Å². The average molecular weight is 406 g/mol. The number of hydrogen-bond acceptors (Lipinski definition) is 7. The summed E-state index contributed by atoms with van der Waals surface area (Å²) in [6, 6.07) is 5.80. The van der Waals surface area contributed by atoms with Gasteiger partial charge in [0.25, 0.3) is 5.91 Å². The Kier molecular flexibility index (Phi) is 6.05. The standard InChI is InChI=1S/C19H23N3O5S/c1-4-25-19(24)15-12(16(18(23)21-2)28-17(15)20)9-22(3)8-11-5-6-13-14(7-11)27-10-26-13/h5-7H,4,8-10,20H2,1-3H3,(H,21,23)/p+1. The van der Waals surface area contributed by atoms with Crippen LogP contribution in [0.2, 0.25) is 0 Å². The number of anilines is 1. The second kappa shape index (κ2) is 8.49. The van der Waals surface area contributed by atoms with Crippen molar-refractivity contribution in [3.63, 3.8) is 0 Å². The van der Waals surface area contributed by atoms with Gasteiger partial charge < -0.3 is 30.2 Å². The second-order valence-electron chi connectivity index (χ2n) is 6.45. The minimum atomic E-state index is -0.503. The van der Waals surface area contributed by atoms with Gasteiger partial charge in [0, 0.05) is 18.2 Å². The van der Waals surface area contributed by atoms with Crippen LogP contribution < -0.4 is 25.4 Å². The zero-order valence-electron chi connectivity index (χ0n) is 16.1. The molecule has 1 aliphatic heterocycles. The van der Waals surface area contributed by atoms with Gasteiger partial charge in [0.2, 0.25) is 6.79 Å². The number of benzene rings is 1. The third kappa shape index (κ3) is 4.05. The number of hydrogen-bond donors (Lipinski definition) is 3. The highest BCUT2D eigenvalue weighted by Crippen LogP contribution is 2.33. The van der Waals surface area contributed by atoms with Gasteiger partial charge in [-0.3, -0.25) is 4.79 Å². The topological polar surface area (TPSA) is 104 Å². The highest BCUT2D eigenvalue weighted by Gasteiger charge is 2.28. The molecule has 3 rings (SSSR count). The molecule has 0 spiro atoms. The number of quaternary nitrogens is 1. The molecule has 2 heterocycles. The van der Waals surface area contributed by atoms with E-state index in [1.165, 1.54) is 0 Å². The van der Waals surface area contributed by atoms with E-state index in [1.807, 2.05) is 25.2 Å². The minimum Gasteiger partial charge on any atom is -0.462 e. The summed E-state index contributed by atoms with van der Waals surface area (Å²) in [5, 5.41) is 2.90. The lowest BCUT2D eigenvalue weighted by Gasteiger charge is -2.16. The number of thiophene rings is 1. The fourth-order valence-corrected chi connectivity index (χ4v) is 4.16. The van der Waals surface area contributed by atoms with Crippen molar-refractivity contribution in [3.8, 4) is 11.5 Å². The van der Waals surface area contributed by atoms with Gasteiger partial charge in [-0.1, -0.05) is 0 Å². The third-order valence-electron chi connectivity index (χ3n) is 4.37. The van der Waals surface area contributed by atoms with E-state index in [-0.39, 0.29) is 24.9 Å². The molecule has 0 saturated heterocycles. The number of fused-ring (bicyclic) bond motifs is 1. The molecule has 9 heteroatoms. The van der Waals surface area contributed by atoms with Gasteiger partial charge in [0.1, 0.15) is 28.5 Å². The number of carbonyl (C=O) groups excluding carboxylic acids is 2. The molecule has 1 unspecified atom stereocenters. The predicted octanol–water partition coefficient (Wildman–Crippen LogP) is 0.810. The zero-order valence-corrected chi connectivity index (χ0v) is 16.9. The Morgan fingerprint density at radius 1 is 1.29 bits per heavy atom. The molecule has 150 valence electrons. The number of carbonyl (C=O) groups is 2. The number of rotatable bonds is 7. The molecule has 1 aromatic heterocycles. The molecule has 4 N–H and O–H groups in total. The molecule has 0 fully saturated rings. The van der Waals surface area contributed by atoms with Crippen molar-refractivity contribution in [3.05, 3.63) is 39.8 Å². The quantitative estimate of drug-likeness (QED) is 0.588. The van der Waals surface area contributed by atoms with Gasteiger partial charge in [0.05, 0.1) is 13.7 Å². The molecule has 0 bridgehead atoms. The van der Waals surface area contributed by atoms with E-state index in [4.69, 9.17) is 19.9 Å². The Morgan fingerprint density at radius 2 is 2.04 bits per heavy atom. The van der Waals surface area contributed by atoms with Crippen LogP contribution in [0.1, 0.15) is 38.1 Å². The average Bonchev–Trinajstić information content (AvgIpc) is 3.25. The van der Waals surface area contributed by atoms with Crippen molar-refractivity contribution >= 4 is 28.2 Å². The van der Waals surface area contributed by atoms with E-state index < -0.39 is 5.97 Å². The maximum Gasteiger partial charge on any atom is 0.341 e. The summed E-state index contributed by atoms with van der Waals surface area (Å²) in [6.07, 6.45) is 0. The van der Waals surface area contributed by atoms with Crippen molar-refractivity contribution in [2.45, 2.75) is 20.0 Å². The van der Waals surface area contributed by atoms with Crippen LogP contribution in [-0.4, -0.2) is 39.4 Å². The summed E-state index contributed by atoms with van der Waals surface area (Å²) in [7, 11) is 3.54. The lowest BCUT2D eigenvalue weighted by atomic mass is 10.1. The van der Waals surface area contributed by atoms with Gasteiger partial charge >= 0.3 is 5.97 Å². The van der Waals surface area contributed by atoms with Crippen LogP contribution in [0.5, 0.6) is 11.5 Å². The first-order valence-corrected chi connectivity index (χ1v) is 9.76. The first-order chi connectivity index (χ1) is 13.4. The number of nitrogens with one attached hydrogen (secondary N) is 2. The van der Waals surface area contributed by atoms with E-state index in [0.717, 1.165) is 33.3 Å². The highest BCUT2D eigenvalue weighted by molar-refractivity contribution is 7.18. The van der Waals surface area contributed by atoms with E-state index in [1.54, 1.807) is 14.0 Å². The molecule has 0 radical (unpaired) electrons. The van der Waals surface area contributed by atoms with Gasteiger partial charge in [0.15, 0.2) is 11.5 Å². The number of amides is 1. The fourth-order valence-electron chi connectivity index (χ4n) is 3.14. The number of nitrogens with two attached hydrogens (primary N) is 1. The molecular weight excluding hydrogens is 382 g/mol. The summed E-state index contributed by atoms with van der Waals surface area (Å²) in [6.45, 7) is 3.31. The van der Waals surface area contributed by atoms with E-state index in [9.17, 15) is 9.59 Å². The number of ether oxygens (including phenoxy) is 3. The molecule has 0 saturated carbocycles. The summed E-state index contributed by atoms with van der Waals surface area (Å²) in [5.41, 5.74) is 8.01. The van der Waals surface area contributed by atoms with Crippen LogP contribution in [0.4, 0.5) is 5.00 Å². The molecule has 8 nitrogen and oxygen atoms in total. The van der Waals surface area contributed by atoms with Crippen molar-refractivity contribution in [1.29, 1.82) is 0 Å². The van der Waals surface area contributed by atoms with Crippen LogP contribution in [0.25, 0.3) is 0 Å². The van der Waals surface area contributed by atoms with Gasteiger partial charge in [-0.15, -0.1) is 11.3 Å². The Hall–Kier alpha value is -2.78. The maximum absolute atomic E-state index is 12.4. The summed E-state index contributed by atoms with van der Waals surface area (Å²) >= 11 is 1.11. The molecule has 28 heavy (non-hydrogen) atoms. The minimum absolute atomic E-state index is 0.230. The summed E-state index contributed by atoms with van der Waals surface area (Å²) < 4.78 is 15.9. The molecular formula is C19H24N3O5S+. The largest absolute Gasteiger partial charge is 0.462 e. The summed E-state index contributed by atoms with van der Waals surface area (Å²) in [4.78, 5) is 26.2.